The summed E-state index contributed by atoms with van der Waals surface area (Å²) >= 11 is 0. The van der Waals surface area contributed by atoms with Crippen LogP contribution in [0, 0.1) is 5.92 Å². The van der Waals surface area contributed by atoms with Crippen LogP contribution in [0.15, 0.2) is 25.2 Å². The van der Waals surface area contributed by atoms with Gasteiger partial charge in [0.2, 0.25) is 5.91 Å². The van der Waals surface area contributed by atoms with E-state index in [1.807, 2.05) is 11.1 Å². The van der Waals surface area contributed by atoms with Gasteiger partial charge in [0.1, 0.15) is 17.8 Å². The van der Waals surface area contributed by atoms with E-state index in [-0.39, 0.29) is 18.0 Å². The minimum Gasteiger partial charge on any atom is -0.388 e. The predicted octanol–water partition coefficient (Wildman–Crippen LogP) is 2.38. The van der Waals surface area contributed by atoms with E-state index in [1.165, 1.54) is 12.4 Å². The lowest BCUT2D eigenvalue weighted by molar-refractivity contribution is -0.129. The van der Waals surface area contributed by atoms with Crippen LogP contribution in [-0.4, -0.2) is 49.5 Å². The zero-order valence-electron chi connectivity index (χ0n) is 15.0. The molecule has 7 heteroatoms. The molecule has 0 bridgehead atoms. The summed E-state index contributed by atoms with van der Waals surface area (Å²) in [6.07, 6.45) is 8.25. The van der Waals surface area contributed by atoms with Gasteiger partial charge in [0.25, 0.3) is 0 Å². The third-order valence-electron chi connectivity index (χ3n) is 5.57. The smallest absolute Gasteiger partial charge is 0.246 e. The fourth-order valence-corrected chi connectivity index (χ4v) is 3.84. The first-order valence-corrected chi connectivity index (χ1v) is 9.28. The normalized spacial score (nSPS) is 24.5. The second kappa shape index (κ2) is 6.72. The van der Waals surface area contributed by atoms with Crippen LogP contribution < -0.4 is 5.32 Å². The number of nitrogens with zero attached hydrogens (tertiary/aromatic N) is 3. The molecule has 2 aromatic heterocycles. The van der Waals surface area contributed by atoms with Gasteiger partial charge in [0, 0.05) is 30.4 Å². The van der Waals surface area contributed by atoms with Gasteiger partial charge in [-0.25, -0.2) is 9.97 Å². The van der Waals surface area contributed by atoms with Gasteiger partial charge in [0.05, 0.1) is 11.5 Å². The van der Waals surface area contributed by atoms with Crippen molar-refractivity contribution in [3.05, 3.63) is 30.7 Å². The van der Waals surface area contributed by atoms with Crippen molar-refractivity contribution in [3.63, 3.8) is 0 Å². The van der Waals surface area contributed by atoms with Gasteiger partial charge in [-0.3, -0.25) is 4.79 Å². The summed E-state index contributed by atoms with van der Waals surface area (Å²) in [5.41, 5.74) is 1.58. The first-order valence-electron chi connectivity index (χ1n) is 9.28. The van der Waals surface area contributed by atoms with Crippen LogP contribution in [0.5, 0.6) is 0 Å². The highest BCUT2D eigenvalue weighted by Crippen LogP contribution is 2.43. The minimum absolute atomic E-state index is 0.0386. The summed E-state index contributed by atoms with van der Waals surface area (Å²) in [5.74, 6) is 1.01. The van der Waals surface area contributed by atoms with Crippen LogP contribution in [0.4, 0.5) is 5.82 Å². The molecule has 3 N–H and O–H groups in total. The molecule has 3 heterocycles. The Labute approximate surface area is 152 Å². The number of likely N-dealkylation sites (tertiary alicyclic amines) is 1. The molecule has 0 aromatic carbocycles. The highest BCUT2D eigenvalue weighted by atomic mass is 16.3. The monoisotopic (exact) mass is 355 g/mol. The van der Waals surface area contributed by atoms with Crippen LogP contribution in [0.2, 0.25) is 0 Å². The molecule has 1 unspecified atom stereocenters. The molecule has 1 saturated carbocycles. The molecule has 2 fully saturated rings. The maximum Gasteiger partial charge on any atom is 0.246 e. The third-order valence-corrected chi connectivity index (χ3v) is 5.57. The molecule has 2 aliphatic rings. The summed E-state index contributed by atoms with van der Waals surface area (Å²) in [6, 6.07) is 0.317. The molecule has 1 saturated heterocycles. The van der Waals surface area contributed by atoms with Crippen molar-refractivity contribution in [3.8, 4) is 0 Å². The van der Waals surface area contributed by atoms with E-state index in [4.69, 9.17) is 0 Å². The number of aromatic amines is 1. The number of piperidine rings is 1. The van der Waals surface area contributed by atoms with Gasteiger partial charge in [-0.05, 0) is 44.6 Å². The number of hydrogen-bond donors (Lipinski definition) is 3. The van der Waals surface area contributed by atoms with Gasteiger partial charge < -0.3 is 20.3 Å². The SMILES string of the molecule is C=CC(=O)N1C[C@H](Nc2ncnc3[nH]cc(C(O)C4CC4)c23)CC[C@@H]1C. The number of rotatable bonds is 5. The average Bonchev–Trinajstić information content (AvgIpc) is 3.41. The van der Waals surface area contributed by atoms with E-state index in [0.717, 1.165) is 48.1 Å². The summed E-state index contributed by atoms with van der Waals surface area (Å²) in [6.45, 7) is 6.28. The van der Waals surface area contributed by atoms with Gasteiger partial charge in [0.15, 0.2) is 0 Å². The number of H-pyrrole nitrogens is 1. The topological polar surface area (TPSA) is 94.1 Å². The summed E-state index contributed by atoms with van der Waals surface area (Å²) in [4.78, 5) is 25.8. The zero-order valence-corrected chi connectivity index (χ0v) is 15.0. The first kappa shape index (κ1) is 17.0. The van der Waals surface area contributed by atoms with Crippen LogP contribution in [0.1, 0.15) is 44.3 Å². The Hall–Kier alpha value is -2.41. The number of nitrogens with one attached hydrogen (secondary N) is 2. The van der Waals surface area contributed by atoms with Crippen molar-refractivity contribution >= 4 is 22.8 Å². The number of carbonyl (C=O) groups is 1. The van der Waals surface area contributed by atoms with Crippen molar-refractivity contribution in [1.29, 1.82) is 0 Å². The van der Waals surface area contributed by atoms with E-state index in [0.29, 0.717) is 12.5 Å². The first-order chi connectivity index (χ1) is 12.6. The highest BCUT2D eigenvalue weighted by Gasteiger charge is 2.34. The molecular weight excluding hydrogens is 330 g/mol. The number of amides is 1. The fourth-order valence-electron chi connectivity index (χ4n) is 3.84. The molecule has 1 aliphatic carbocycles. The number of carbonyl (C=O) groups excluding carboxylic acids is 1. The number of aliphatic hydroxyl groups is 1. The number of anilines is 1. The van der Waals surface area contributed by atoms with E-state index in [1.54, 1.807) is 0 Å². The minimum atomic E-state index is -0.486. The van der Waals surface area contributed by atoms with E-state index in [9.17, 15) is 9.90 Å². The molecule has 1 aliphatic heterocycles. The Bertz CT molecular complexity index is 828. The van der Waals surface area contributed by atoms with E-state index < -0.39 is 6.10 Å². The van der Waals surface area contributed by atoms with Crippen molar-refractivity contribution in [2.24, 2.45) is 5.92 Å². The Morgan fingerprint density at radius 3 is 2.96 bits per heavy atom. The molecule has 4 rings (SSSR count). The maximum atomic E-state index is 12.1. The number of fused-ring (bicyclic) bond motifs is 1. The number of aromatic nitrogens is 3. The highest BCUT2D eigenvalue weighted by molar-refractivity contribution is 5.91. The van der Waals surface area contributed by atoms with Crippen LogP contribution in [0.3, 0.4) is 0 Å². The van der Waals surface area contributed by atoms with Crippen LogP contribution >= 0.6 is 0 Å². The molecule has 2 aromatic rings. The van der Waals surface area contributed by atoms with Crippen LogP contribution in [-0.2, 0) is 4.79 Å². The van der Waals surface area contributed by atoms with Crippen molar-refractivity contribution in [1.82, 2.24) is 19.9 Å². The lowest BCUT2D eigenvalue weighted by atomic mass is 9.98. The number of hydrogen-bond acceptors (Lipinski definition) is 5. The second-order valence-corrected chi connectivity index (χ2v) is 7.43. The largest absolute Gasteiger partial charge is 0.388 e. The van der Waals surface area contributed by atoms with E-state index in [2.05, 4.69) is 33.8 Å². The molecule has 0 radical (unpaired) electrons. The lowest BCUT2D eigenvalue weighted by Gasteiger charge is -2.38. The summed E-state index contributed by atoms with van der Waals surface area (Å²) in [5, 5.41) is 14.9. The fraction of sp³-hybridized carbons (Fsp3) is 0.526. The van der Waals surface area contributed by atoms with E-state index >= 15 is 0 Å². The quantitative estimate of drug-likeness (QED) is 0.716. The standard InChI is InChI=1S/C19H25N5O2/c1-3-15(25)24-9-13(7-4-11(24)2)23-19-16-14(17(26)12-5-6-12)8-20-18(16)21-10-22-19/h3,8,10-13,17,26H,1,4-7,9H2,2H3,(H2,20,21,22,23)/t11-,13+,17?/m0/s1. The molecule has 1 amide bonds. The second-order valence-electron chi connectivity index (χ2n) is 7.43. The molecule has 26 heavy (non-hydrogen) atoms. The zero-order chi connectivity index (χ0) is 18.3. The summed E-state index contributed by atoms with van der Waals surface area (Å²) in [7, 11) is 0. The van der Waals surface area contributed by atoms with Gasteiger partial charge in [-0.1, -0.05) is 6.58 Å². The van der Waals surface area contributed by atoms with Gasteiger partial charge in [-0.15, -0.1) is 0 Å². The molecule has 0 spiro atoms. The Kier molecular flexibility index (Phi) is 4.40. The summed E-state index contributed by atoms with van der Waals surface area (Å²) < 4.78 is 0. The Morgan fingerprint density at radius 1 is 1.42 bits per heavy atom. The number of aliphatic hydroxyl groups excluding tert-OH is 1. The third kappa shape index (κ3) is 3.07. The van der Waals surface area contributed by atoms with Crippen molar-refractivity contribution in [2.75, 3.05) is 11.9 Å². The van der Waals surface area contributed by atoms with Crippen molar-refractivity contribution in [2.45, 2.75) is 50.8 Å². The Morgan fingerprint density at radius 2 is 2.23 bits per heavy atom. The average molecular weight is 355 g/mol. The molecular formula is C19H25N5O2. The predicted molar refractivity (Wildman–Crippen MR) is 99.6 cm³/mol. The molecule has 3 atom stereocenters. The lowest BCUT2D eigenvalue weighted by Crippen LogP contribution is -2.49. The molecule has 7 nitrogen and oxygen atoms in total. The van der Waals surface area contributed by atoms with Gasteiger partial charge in [-0.2, -0.15) is 0 Å². The maximum absolute atomic E-state index is 12.1. The van der Waals surface area contributed by atoms with Crippen LogP contribution in [0.25, 0.3) is 11.0 Å². The van der Waals surface area contributed by atoms with Crippen molar-refractivity contribution < 1.29 is 9.90 Å². The molecule has 138 valence electrons. The van der Waals surface area contributed by atoms with Gasteiger partial charge >= 0.3 is 0 Å². The Balaban J connectivity index is 1.60.